The third kappa shape index (κ3) is 8.88. The second-order valence-corrected chi connectivity index (χ2v) is 5.61. The fourth-order valence-electron chi connectivity index (χ4n) is 1.24. The summed E-state index contributed by atoms with van der Waals surface area (Å²) in [6.07, 6.45) is 1.28. The number of thiocarbonyl (C=S) groups is 1. The maximum atomic E-state index is 10.4. The summed E-state index contributed by atoms with van der Waals surface area (Å²) in [4.78, 5) is 9.32. The minimum Gasteiger partial charge on any atom is -0.315 e. The molecule has 0 saturated carbocycles. The van der Waals surface area contributed by atoms with E-state index in [1.54, 1.807) is 0 Å². The van der Waals surface area contributed by atoms with E-state index >= 15 is 0 Å². The highest BCUT2D eigenvalue weighted by Gasteiger charge is 2.11. The molecule has 0 bridgehead atoms. The molecular weight excluding hydrogens is 231 g/mol. The molecule has 0 spiro atoms. The molecule has 2 unspecified atom stereocenters. The highest BCUT2D eigenvalue weighted by Crippen LogP contribution is 2.11. The van der Waals surface area contributed by atoms with E-state index in [0.29, 0.717) is 18.4 Å². The SMILES string of the molecule is CC(C)CC(C)C(=S)NNCC[P+](=O)O. The van der Waals surface area contributed by atoms with Crippen LogP contribution in [0, 0.1) is 11.8 Å². The van der Waals surface area contributed by atoms with Crippen LogP contribution in [0.15, 0.2) is 0 Å². The van der Waals surface area contributed by atoms with Crippen molar-refractivity contribution in [2.75, 3.05) is 12.7 Å². The number of hydrazine groups is 1. The van der Waals surface area contributed by atoms with Gasteiger partial charge in [-0.1, -0.05) is 33.0 Å². The van der Waals surface area contributed by atoms with Gasteiger partial charge in [-0.25, -0.2) is 5.43 Å². The molecule has 0 aliphatic carbocycles. The Morgan fingerprint density at radius 2 is 2.07 bits per heavy atom. The van der Waals surface area contributed by atoms with Crippen LogP contribution in [0.4, 0.5) is 0 Å². The van der Waals surface area contributed by atoms with Crippen LogP contribution in [0.1, 0.15) is 27.2 Å². The van der Waals surface area contributed by atoms with Gasteiger partial charge < -0.3 is 5.43 Å². The van der Waals surface area contributed by atoms with E-state index in [1.807, 2.05) is 0 Å². The molecule has 0 radical (unpaired) electrons. The van der Waals surface area contributed by atoms with Crippen LogP contribution in [-0.2, 0) is 4.57 Å². The van der Waals surface area contributed by atoms with Crippen molar-refractivity contribution in [1.29, 1.82) is 0 Å². The molecular formula is C9H20N2O2PS+. The van der Waals surface area contributed by atoms with Gasteiger partial charge in [-0.3, -0.25) is 0 Å². The largest absolute Gasteiger partial charge is 0.506 e. The second kappa shape index (κ2) is 8.11. The molecule has 2 atom stereocenters. The lowest BCUT2D eigenvalue weighted by molar-refractivity contribution is 0.496. The highest BCUT2D eigenvalue weighted by atomic mass is 32.1. The van der Waals surface area contributed by atoms with Crippen LogP contribution in [0.5, 0.6) is 0 Å². The Kier molecular flexibility index (Phi) is 8.06. The van der Waals surface area contributed by atoms with Gasteiger partial charge in [0.15, 0.2) is 6.16 Å². The summed E-state index contributed by atoms with van der Waals surface area (Å²) < 4.78 is 10.4. The van der Waals surface area contributed by atoms with E-state index in [1.165, 1.54) is 0 Å². The molecule has 0 aliphatic rings. The topological polar surface area (TPSA) is 61.4 Å². The van der Waals surface area contributed by atoms with Crippen LogP contribution >= 0.6 is 20.2 Å². The third-order valence-corrected chi connectivity index (χ3v) is 3.02. The van der Waals surface area contributed by atoms with Gasteiger partial charge in [-0.15, -0.1) is 0 Å². The number of nitrogens with one attached hydrogen (secondary N) is 2. The zero-order valence-electron chi connectivity index (χ0n) is 9.49. The molecule has 0 heterocycles. The Balaban J connectivity index is 3.60. The van der Waals surface area contributed by atoms with Crippen LogP contribution in [0.3, 0.4) is 0 Å². The third-order valence-electron chi connectivity index (χ3n) is 1.91. The fourth-order valence-corrected chi connectivity index (χ4v) is 1.71. The molecule has 0 fully saturated rings. The molecule has 6 heteroatoms. The van der Waals surface area contributed by atoms with Crippen LogP contribution in [0.2, 0.25) is 0 Å². The Morgan fingerprint density at radius 3 is 2.53 bits per heavy atom. The predicted molar refractivity (Wildman–Crippen MR) is 67.0 cm³/mol. The van der Waals surface area contributed by atoms with Crippen molar-refractivity contribution in [1.82, 2.24) is 10.9 Å². The average molecular weight is 251 g/mol. The van der Waals surface area contributed by atoms with Crippen molar-refractivity contribution in [2.45, 2.75) is 27.2 Å². The molecule has 0 aliphatic heterocycles. The van der Waals surface area contributed by atoms with E-state index in [4.69, 9.17) is 17.1 Å². The van der Waals surface area contributed by atoms with Gasteiger partial charge in [0.25, 0.3) is 0 Å². The molecule has 88 valence electrons. The normalized spacial score (nSPS) is 13.8. The summed E-state index contributed by atoms with van der Waals surface area (Å²) >= 11 is 5.17. The van der Waals surface area contributed by atoms with Crippen LogP contribution in [0.25, 0.3) is 0 Å². The first-order valence-corrected chi connectivity index (χ1v) is 6.90. The molecule has 0 saturated heterocycles. The molecule has 0 aromatic carbocycles. The molecule has 0 rings (SSSR count). The summed E-state index contributed by atoms with van der Waals surface area (Å²) in [5, 5.41) is 0. The Morgan fingerprint density at radius 1 is 1.47 bits per heavy atom. The average Bonchev–Trinajstić information content (AvgIpc) is 2.10. The Bertz CT molecular complexity index is 224. The van der Waals surface area contributed by atoms with Gasteiger partial charge in [0.05, 0.1) is 11.5 Å². The summed E-state index contributed by atoms with van der Waals surface area (Å²) in [5.41, 5.74) is 5.72. The standard InChI is InChI=1S/C9H19N2O2PS/c1-7(2)6-8(3)9(15)11-10-4-5-14(12)13/h7-8,10H,4-6H2,1-3H3,(H-,11,12,13,15)/p+1. The van der Waals surface area contributed by atoms with E-state index < -0.39 is 8.03 Å². The van der Waals surface area contributed by atoms with Crippen LogP contribution in [-0.4, -0.2) is 22.6 Å². The number of hydrogen-bond donors (Lipinski definition) is 3. The molecule has 0 aromatic heterocycles. The summed E-state index contributed by atoms with van der Waals surface area (Å²) in [6, 6.07) is 0. The Hall–Kier alpha value is -0.0900. The van der Waals surface area contributed by atoms with Crippen molar-refractivity contribution in [3.05, 3.63) is 0 Å². The van der Waals surface area contributed by atoms with E-state index in [-0.39, 0.29) is 6.16 Å². The predicted octanol–water partition coefficient (Wildman–Crippen LogP) is 1.82. The van der Waals surface area contributed by atoms with Crippen molar-refractivity contribution >= 4 is 25.2 Å². The van der Waals surface area contributed by atoms with E-state index in [2.05, 4.69) is 31.6 Å². The van der Waals surface area contributed by atoms with E-state index in [0.717, 1.165) is 11.4 Å². The van der Waals surface area contributed by atoms with Gasteiger partial charge in [-0.2, -0.15) is 4.89 Å². The van der Waals surface area contributed by atoms with Crippen molar-refractivity contribution in [2.24, 2.45) is 11.8 Å². The van der Waals surface area contributed by atoms with Gasteiger partial charge in [0, 0.05) is 5.92 Å². The first kappa shape index (κ1) is 14.9. The molecule has 4 nitrogen and oxygen atoms in total. The maximum Gasteiger partial charge on any atom is 0.506 e. The van der Waals surface area contributed by atoms with Crippen molar-refractivity contribution in [3.8, 4) is 0 Å². The molecule has 15 heavy (non-hydrogen) atoms. The number of hydrogen-bond acceptors (Lipinski definition) is 3. The zero-order chi connectivity index (χ0) is 11.8. The van der Waals surface area contributed by atoms with Gasteiger partial charge in [0.2, 0.25) is 0 Å². The fraction of sp³-hybridized carbons (Fsp3) is 0.889. The van der Waals surface area contributed by atoms with Gasteiger partial charge in [-0.05, 0) is 16.9 Å². The quantitative estimate of drug-likeness (QED) is 0.279. The summed E-state index contributed by atoms with van der Waals surface area (Å²) in [5.74, 6) is 0.946. The van der Waals surface area contributed by atoms with Crippen molar-refractivity contribution in [3.63, 3.8) is 0 Å². The lowest BCUT2D eigenvalue weighted by Crippen LogP contribution is -2.40. The highest BCUT2D eigenvalue weighted by molar-refractivity contribution is 7.80. The minimum atomic E-state index is -2.06. The summed E-state index contributed by atoms with van der Waals surface area (Å²) in [7, 11) is -2.06. The summed E-state index contributed by atoms with van der Waals surface area (Å²) in [6.45, 7) is 6.83. The first-order chi connectivity index (χ1) is 6.93. The smallest absolute Gasteiger partial charge is 0.315 e. The maximum absolute atomic E-state index is 10.4. The van der Waals surface area contributed by atoms with Crippen molar-refractivity contribution < 1.29 is 9.46 Å². The van der Waals surface area contributed by atoms with Gasteiger partial charge >= 0.3 is 8.03 Å². The Labute approximate surface area is 97.7 Å². The lowest BCUT2D eigenvalue weighted by Gasteiger charge is -2.16. The first-order valence-electron chi connectivity index (χ1n) is 5.09. The monoisotopic (exact) mass is 251 g/mol. The molecule has 0 aromatic rings. The zero-order valence-corrected chi connectivity index (χ0v) is 11.2. The lowest BCUT2D eigenvalue weighted by atomic mass is 9.99. The van der Waals surface area contributed by atoms with E-state index in [9.17, 15) is 4.57 Å². The minimum absolute atomic E-state index is 0.240. The second-order valence-electron chi connectivity index (χ2n) is 4.02. The molecule has 0 amide bonds. The molecule has 3 N–H and O–H groups in total. The van der Waals surface area contributed by atoms with Crippen LogP contribution < -0.4 is 10.9 Å². The number of rotatable bonds is 7. The van der Waals surface area contributed by atoms with Gasteiger partial charge in [0.1, 0.15) is 0 Å².